The van der Waals surface area contributed by atoms with Gasteiger partial charge in [-0.05, 0) is 12.8 Å². The first kappa shape index (κ1) is 16.0. The standard InChI is InChI=1S/C16H25N5O2/c1-18(2)15(22)11-21-13-5-4-12(16(21)23)8-20(9-13)10-14-17-6-7-19(14)3/h6-7,12-13H,4-5,8-11H2,1-3H3/t12-,13+/m0/s1. The molecule has 23 heavy (non-hydrogen) atoms. The molecule has 7 nitrogen and oxygen atoms in total. The predicted molar refractivity (Wildman–Crippen MR) is 85.4 cm³/mol. The highest BCUT2D eigenvalue weighted by Gasteiger charge is 2.41. The third-order valence-electron chi connectivity index (χ3n) is 4.96. The van der Waals surface area contributed by atoms with Gasteiger partial charge in [0.15, 0.2) is 0 Å². The van der Waals surface area contributed by atoms with Gasteiger partial charge in [0, 0.05) is 52.7 Å². The number of aryl methyl sites for hydroxylation is 1. The number of nitrogens with zero attached hydrogens (tertiary/aromatic N) is 5. The van der Waals surface area contributed by atoms with Crippen molar-refractivity contribution < 1.29 is 9.59 Å². The van der Waals surface area contributed by atoms with Crippen molar-refractivity contribution in [3.8, 4) is 0 Å². The molecule has 1 aromatic rings. The van der Waals surface area contributed by atoms with Crippen molar-refractivity contribution in [1.29, 1.82) is 0 Å². The van der Waals surface area contributed by atoms with Crippen molar-refractivity contribution >= 4 is 11.8 Å². The molecule has 2 atom stereocenters. The molecule has 0 N–H and O–H groups in total. The van der Waals surface area contributed by atoms with E-state index in [1.165, 1.54) is 0 Å². The minimum Gasteiger partial charge on any atom is -0.347 e. The van der Waals surface area contributed by atoms with E-state index in [0.717, 1.165) is 38.3 Å². The maximum atomic E-state index is 12.7. The summed E-state index contributed by atoms with van der Waals surface area (Å²) in [6, 6.07) is 0.130. The van der Waals surface area contributed by atoms with Crippen LogP contribution in [0.3, 0.4) is 0 Å². The van der Waals surface area contributed by atoms with Gasteiger partial charge in [0.25, 0.3) is 0 Å². The van der Waals surface area contributed by atoms with Gasteiger partial charge in [-0.1, -0.05) is 0 Å². The largest absolute Gasteiger partial charge is 0.347 e. The molecular formula is C16H25N5O2. The molecule has 0 spiro atoms. The lowest BCUT2D eigenvalue weighted by molar-refractivity contribution is -0.145. The lowest BCUT2D eigenvalue weighted by atomic mass is 9.94. The Morgan fingerprint density at radius 3 is 2.78 bits per heavy atom. The highest BCUT2D eigenvalue weighted by molar-refractivity contribution is 5.86. The summed E-state index contributed by atoms with van der Waals surface area (Å²) < 4.78 is 2.02. The molecule has 4 heterocycles. The lowest BCUT2D eigenvalue weighted by Crippen LogP contribution is -2.51. The lowest BCUT2D eigenvalue weighted by Gasteiger charge is -2.36. The average molecular weight is 319 g/mol. The topological polar surface area (TPSA) is 61.7 Å². The van der Waals surface area contributed by atoms with Gasteiger partial charge in [-0.15, -0.1) is 0 Å². The zero-order chi connectivity index (χ0) is 16.6. The van der Waals surface area contributed by atoms with Gasteiger partial charge in [0.2, 0.25) is 11.8 Å². The first-order valence-electron chi connectivity index (χ1n) is 8.15. The Bertz CT molecular complexity index is 597. The second kappa shape index (κ2) is 6.31. The molecule has 1 aromatic heterocycles. The normalized spacial score (nSPS) is 24.8. The highest BCUT2D eigenvalue weighted by atomic mass is 16.2. The Morgan fingerprint density at radius 2 is 2.13 bits per heavy atom. The Hall–Kier alpha value is -1.89. The van der Waals surface area contributed by atoms with Crippen LogP contribution in [-0.2, 0) is 23.2 Å². The SMILES string of the molecule is CN(C)C(=O)CN1C(=O)[C@H]2CC[C@@H]1CN(Cc1nccn1C)C2. The summed E-state index contributed by atoms with van der Waals surface area (Å²) >= 11 is 0. The molecule has 0 unspecified atom stereocenters. The fraction of sp³-hybridized carbons (Fsp3) is 0.688. The third-order valence-corrected chi connectivity index (χ3v) is 4.96. The first-order chi connectivity index (χ1) is 11.0. The van der Waals surface area contributed by atoms with Gasteiger partial charge in [-0.25, -0.2) is 4.98 Å². The summed E-state index contributed by atoms with van der Waals surface area (Å²) in [5.41, 5.74) is 0. The molecule has 3 saturated heterocycles. The van der Waals surface area contributed by atoms with Crippen LogP contribution in [-0.4, -0.2) is 75.8 Å². The van der Waals surface area contributed by atoms with E-state index in [9.17, 15) is 9.59 Å². The summed E-state index contributed by atoms with van der Waals surface area (Å²) in [4.78, 5) is 34.8. The van der Waals surface area contributed by atoms with Crippen LogP contribution in [0.2, 0.25) is 0 Å². The van der Waals surface area contributed by atoms with E-state index in [2.05, 4.69) is 9.88 Å². The molecule has 0 radical (unpaired) electrons. The Kier molecular flexibility index (Phi) is 4.39. The van der Waals surface area contributed by atoms with Gasteiger partial charge >= 0.3 is 0 Å². The van der Waals surface area contributed by atoms with Crippen LogP contribution >= 0.6 is 0 Å². The molecule has 4 rings (SSSR count). The van der Waals surface area contributed by atoms with Gasteiger partial charge in [-0.3, -0.25) is 14.5 Å². The molecule has 3 aliphatic rings. The van der Waals surface area contributed by atoms with Crippen LogP contribution in [0.1, 0.15) is 18.7 Å². The summed E-state index contributed by atoms with van der Waals surface area (Å²) in [5, 5.41) is 0. The molecule has 7 heteroatoms. The molecule has 0 aromatic carbocycles. The van der Waals surface area contributed by atoms with Crippen LogP contribution in [0, 0.1) is 5.92 Å². The van der Waals surface area contributed by atoms with Crippen LogP contribution < -0.4 is 0 Å². The average Bonchev–Trinajstić information content (AvgIpc) is 2.73. The van der Waals surface area contributed by atoms with Crippen LogP contribution in [0.25, 0.3) is 0 Å². The molecular weight excluding hydrogens is 294 g/mol. The van der Waals surface area contributed by atoms with E-state index in [1.54, 1.807) is 30.1 Å². The summed E-state index contributed by atoms with van der Waals surface area (Å²) in [7, 11) is 5.45. The smallest absolute Gasteiger partial charge is 0.241 e. The number of hydrogen-bond donors (Lipinski definition) is 0. The molecule has 2 amide bonds. The van der Waals surface area contributed by atoms with E-state index < -0.39 is 0 Å². The van der Waals surface area contributed by atoms with Crippen molar-refractivity contribution in [2.45, 2.75) is 25.4 Å². The van der Waals surface area contributed by atoms with E-state index in [1.807, 2.05) is 17.8 Å². The number of imidazole rings is 1. The molecule has 3 aliphatic heterocycles. The molecule has 3 fully saturated rings. The van der Waals surface area contributed by atoms with Crippen LogP contribution in [0.15, 0.2) is 12.4 Å². The number of fused-ring (bicyclic) bond motifs is 4. The second-order valence-corrected chi connectivity index (χ2v) is 6.83. The fourth-order valence-corrected chi connectivity index (χ4v) is 3.50. The molecule has 0 aliphatic carbocycles. The van der Waals surface area contributed by atoms with E-state index in [0.29, 0.717) is 0 Å². The Balaban J connectivity index is 1.73. The number of piperidine rings is 1. The highest BCUT2D eigenvalue weighted by Crippen LogP contribution is 2.29. The van der Waals surface area contributed by atoms with Gasteiger partial charge in [0.05, 0.1) is 12.5 Å². The first-order valence-corrected chi connectivity index (χ1v) is 8.15. The number of amides is 2. The van der Waals surface area contributed by atoms with E-state index in [4.69, 9.17) is 0 Å². The molecule has 2 bridgehead atoms. The van der Waals surface area contributed by atoms with Crippen molar-refractivity contribution in [3.63, 3.8) is 0 Å². The number of rotatable bonds is 4. The quantitative estimate of drug-likeness (QED) is 0.779. The monoisotopic (exact) mass is 319 g/mol. The fourth-order valence-electron chi connectivity index (χ4n) is 3.50. The Morgan fingerprint density at radius 1 is 1.35 bits per heavy atom. The van der Waals surface area contributed by atoms with Gasteiger partial charge < -0.3 is 14.4 Å². The number of likely N-dealkylation sites (N-methyl/N-ethyl adjacent to an activating group) is 1. The van der Waals surface area contributed by atoms with Gasteiger partial charge in [0.1, 0.15) is 12.4 Å². The van der Waals surface area contributed by atoms with E-state index >= 15 is 0 Å². The van der Waals surface area contributed by atoms with Crippen molar-refractivity contribution in [1.82, 2.24) is 24.3 Å². The van der Waals surface area contributed by atoms with E-state index in [-0.39, 0.29) is 30.3 Å². The second-order valence-electron chi connectivity index (χ2n) is 6.83. The predicted octanol–water partition coefficient (Wildman–Crippen LogP) is -0.0689. The summed E-state index contributed by atoms with van der Waals surface area (Å²) in [6.45, 7) is 2.52. The zero-order valence-corrected chi connectivity index (χ0v) is 14.1. The third kappa shape index (κ3) is 3.24. The minimum atomic E-state index is -0.0125. The number of carbonyl (C=O) groups excluding carboxylic acids is 2. The minimum absolute atomic E-state index is 0.00369. The number of carbonyl (C=O) groups is 2. The maximum absolute atomic E-state index is 12.7. The van der Waals surface area contributed by atoms with Crippen LogP contribution in [0.5, 0.6) is 0 Å². The van der Waals surface area contributed by atoms with Crippen LogP contribution in [0.4, 0.5) is 0 Å². The van der Waals surface area contributed by atoms with Gasteiger partial charge in [-0.2, -0.15) is 0 Å². The molecule has 126 valence electrons. The number of aromatic nitrogens is 2. The maximum Gasteiger partial charge on any atom is 0.241 e. The van der Waals surface area contributed by atoms with Crippen molar-refractivity contribution in [2.75, 3.05) is 33.7 Å². The summed E-state index contributed by atoms with van der Waals surface area (Å²) in [6.07, 6.45) is 5.64. The zero-order valence-electron chi connectivity index (χ0n) is 14.1. The number of hydrogen-bond acceptors (Lipinski definition) is 4. The van der Waals surface area contributed by atoms with Crippen molar-refractivity contribution in [2.24, 2.45) is 13.0 Å². The van der Waals surface area contributed by atoms with Crippen molar-refractivity contribution in [3.05, 3.63) is 18.2 Å². The molecule has 0 saturated carbocycles. The summed E-state index contributed by atoms with van der Waals surface area (Å²) in [5.74, 6) is 1.14. The Labute approximate surface area is 136 Å².